The molecule has 1 aromatic carbocycles. The number of rotatable bonds is 4. The highest BCUT2D eigenvalue weighted by atomic mass is 19.1. The van der Waals surface area contributed by atoms with Gasteiger partial charge >= 0.3 is 5.97 Å². The summed E-state index contributed by atoms with van der Waals surface area (Å²) in [7, 11) is 1.48. The van der Waals surface area contributed by atoms with E-state index in [0.717, 1.165) is 12.1 Å². The molecule has 116 valence electrons. The van der Waals surface area contributed by atoms with Crippen LogP contribution in [0.2, 0.25) is 0 Å². The monoisotopic (exact) mass is 308 g/mol. The van der Waals surface area contributed by atoms with E-state index >= 15 is 0 Å². The first-order valence-corrected chi connectivity index (χ1v) is 6.52. The van der Waals surface area contributed by atoms with Gasteiger partial charge < -0.3 is 14.6 Å². The lowest BCUT2D eigenvalue weighted by Gasteiger charge is -2.13. The van der Waals surface area contributed by atoms with Crippen LogP contribution in [0, 0.1) is 11.6 Å². The van der Waals surface area contributed by atoms with E-state index in [1.54, 1.807) is 6.92 Å². The topological polar surface area (TPSA) is 60.3 Å². The first-order chi connectivity index (χ1) is 10.4. The predicted octanol–water partition coefficient (Wildman–Crippen LogP) is 2.58. The molecule has 1 N–H and O–H groups in total. The van der Waals surface area contributed by atoms with Crippen molar-refractivity contribution in [2.24, 2.45) is 7.05 Å². The fourth-order valence-corrected chi connectivity index (χ4v) is 1.84. The van der Waals surface area contributed by atoms with Crippen LogP contribution >= 0.6 is 0 Å². The van der Waals surface area contributed by atoms with E-state index in [1.807, 2.05) is 0 Å². The molecular weight excluding hydrogens is 294 g/mol. The summed E-state index contributed by atoms with van der Waals surface area (Å²) >= 11 is 0. The molecule has 22 heavy (non-hydrogen) atoms. The number of aryl methyl sites for hydroxylation is 1. The van der Waals surface area contributed by atoms with Crippen molar-refractivity contribution in [1.29, 1.82) is 0 Å². The largest absolute Gasteiger partial charge is 0.462 e. The summed E-state index contributed by atoms with van der Waals surface area (Å²) in [5, 5.41) is 2.62. The van der Waals surface area contributed by atoms with Gasteiger partial charge in [-0.05, 0) is 19.1 Å². The molecule has 0 unspecified atom stereocenters. The zero-order chi connectivity index (χ0) is 16.3. The molecule has 0 aliphatic rings. The zero-order valence-corrected chi connectivity index (χ0v) is 12.0. The molecule has 0 aliphatic heterocycles. The Balaban J connectivity index is 2.47. The molecule has 0 amide bonds. The van der Waals surface area contributed by atoms with Gasteiger partial charge in [0, 0.05) is 25.4 Å². The summed E-state index contributed by atoms with van der Waals surface area (Å²) < 4.78 is 32.7. The van der Waals surface area contributed by atoms with Crippen LogP contribution in [-0.4, -0.2) is 17.1 Å². The maximum absolute atomic E-state index is 13.7. The van der Waals surface area contributed by atoms with Gasteiger partial charge in [-0.15, -0.1) is 0 Å². The van der Waals surface area contributed by atoms with E-state index < -0.39 is 23.2 Å². The van der Waals surface area contributed by atoms with E-state index in [4.69, 9.17) is 4.74 Å². The average molecular weight is 308 g/mol. The van der Waals surface area contributed by atoms with Gasteiger partial charge in [0.2, 0.25) is 0 Å². The Morgan fingerprint density at radius 3 is 2.64 bits per heavy atom. The van der Waals surface area contributed by atoms with Crippen LogP contribution in [0.1, 0.15) is 17.3 Å². The Morgan fingerprint density at radius 1 is 1.27 bits per heavy atom. The molecular formula is C15H14F2N2O3. The van der Waals surface area contributed by atoms with Gasteiger partial charge in [0.15, 0.2) is 0 Å². The maximum Gasteiger partial charge on any atom is 0.341 e. The Labute approximate surface area is 125 Å². The van der Waals surface area contributed by atoms with Crippen molar-refractivity contribution in [3.8, 4) is 0 Å². The predicted molar refractivity (Wildman–Crippen MR) is 77.3 cm³/mol. The normalized spacial score (nSPS) is 10.4. The van der Waals surface area contributed by atoms with Crippen LogP contribution < -0.4 is 10.9 Å². The van der Waals surface area contributed by atoms with E-state index in [9.17, 15) is 18.4 Å². The molecule has 2 aromatic rings. The highest BCUT2D eigenvalue weighted by Crippen LogP contribution is 2.23. The second kappa shape index (κ2) is 6.38. The third kappa shape index (κ3) is 3.30. The number of hydrogen-bond donors (Lipinski definition) is 1. The van der Waals surface area contributed by atoms with Crippen LogP contribution in [-0.2, 0) is 11.8 Å². The van der Waals surface area contributed by atoms with Gasteiger partial charge in [0.25, 0.3) is 5.56 Å². The number of carbonyl (C=O) groups is 1. The molecule has 7 heteroatoms. The lowest BCUT2D eigenvalue weighted by molar-refractivity contribution is 0.0526. The Morgan fingerprint density at radius 2 is 2.00 bits per heavy atom. The standard InChI is InChI=1S/C15H14F2N2O3/c1-3-22-15(21)10-8-19(2)14(20)7-13(10)18-12-5-4-9(16)6-11(12)17/h4-8,18H,3H2,1-2H3. The lowest BCUT2D eigenvalue weighted by Crippen LogP contribution is -2.20. The number of nitrogens with one attached hydrogen (secondary N) is 1. The zero-order valence-electron chi connectivity index (χ0n) is 12.0. The van der Waals surface area contributed by atoms with Crippen molar-refractivity contribution in [2.75, 3.05) is 11.9 Å². The number of anilines is 2. The van der Waals surface area contributed by atoms with Gasteiger partial charge in [-0.1, -0.05) is 0 Å². The van der Waals surface area contributed by atoms with E-state index in [0.29, 0.717) is 6.07 Å². The second-order valence-electron chi connectivity index (χ2n) is 4.52. The third-order valence-corrected chi connectivity index (χ3v) is 2.92. The summed E-state index contributed by atoms with van der Waals surface area (Å²) in [6.45, 7) is 1.80. The summed E-state index contributed by atoms with van der Waals surface area (Å²) in [4.78, 5) is 23.6. The minimum atomic E-state index is -0.838. The van der Waals surface area contributed by atoms with Crippen molar-refractivity contribution in [1.82, 2.24) is 4.57 Å². The number of aromatic nitrogens is 1. The highest BCUT2D eigenvalue weighted by molar-refractivity contribution is 5.96. The first kappa shape index (κ1) is 15.7. The highest BCUT2D eigenvalue weighted by Gasteiger charge is 2.16. The SMILES string of the molecule is CCOC(=O)c1cn(C)c(=O)cc1Nc1ccc(F)cc1F. The summed E-state index contributed by atoms with van der Waals surface area (Å²) in [6, 6.07) is 4.09. The number of pyridine rings is 1. The van der Waals surface area contributed by atoms with Crippen LogP contribution in [0.4, 0.5) is 20.2 Å². The number of hydrogen-bond acceptors (Lipinski definition) is 4. The van der Waals surface area contributed by atoms with Gasteiger partial charge in [-0.3, -0.25) is 4.79 Å². The summed E-state index contributed by atoms with van der Waals surface area (Å²) in [5.41, 5.74) is -0.280. The van der Waals surface area contributed by atoms with Crippen molar-refractivity contribution < 1.29 is 18.3 Å². The molecule has 0 aliphatic carbocycles. The minimum absolute atomic E-state index is 0.0554. The molecule has 5 nitrogen and oxygen atoms in total. The van der Waals surface area contributed by atoms with Crippen molar-refractivity contribution in [2.45, 2.75) is 6.92 Å². The Hall–Kier alpha value is -2.70. The van der Waals surface area contributed by atoms with Gasteiger partial charge in [-0.25, -0.2) is 13.6 Å². The smallest absolute Gasteiger partial charge is 0.341 e. The molecule has 2 rings (SSSR count). The third-order valence-electron chi connectivity index (χ3n) is 2.92. The number of nitrogens with zero attached hydrogens (tertiary/aromatic N) is 1. The molecule has 1 aromatic heterocycles. The Kier molecular flexibility index (Phi) is 4.55. The van der Waals surface area contributed by atoms with E-state index in [2.05, 4.69) is 5.32 Å². The molecule has 0 fully saturated rings. The number of esters is 1. The number of benzene rings is 1. The minimum Gasteiger partial charge on any atom is -0.462 e. The average Bonchev–Trinajstić information content (AvgIpc) is 2.45. The van der Waals surface area contributed by atoms with Gasteiger partial charge in [0.1, 0.15) is 11.6 Å². The van der Waals surface area contributed by atoms with Crippen molar-refractivity contribution in [3.63, 3.8) is 0 Å². The van der Waals surface area contributed by atoms with Gasteiger partial charge in [0.05, 0.1) is 23.5 Å². The molecule has 1 heterocycles. The first-order valence-electron chi connectivity index (χ1n) is 6.52. The van der Waals surface area contributed by atoms with E-state index in [-0.39, 0.29) is 23.5 Å². The molecule has 0 saturated heterocycles. The van der Waals surface area contributed by atoms with Gasteiger partial charge in [-0.2, -0.15) is 0 Å². The summed E-state index contributed by atoms with van der Waals surface area (Å²) in [6.07, 6.45) is 1.30. The molecule has 0 radical (unpaired) electrons. The quantitative estimate of drug-likeness (QED) is 0.882. The molecule has 0 saturated carbocycles. The molecule has 0 spiro atoms. The fourth-order valence-electron chi connectivity index (χ4n) is 1.84. The van der Waals surface area contributed by atoms with Crippen LogP contribution in [0.5, 0.6) is 0 Å². The van der Waals surface area contributed by atoms with Crippen LogP contribution in [0.25, 0.3) is 0 Å². The van der Waals surface area contributed by atoms with E-state index in [1.165, 1.54) is 23.9 Å². The number of halogens is 2. The molecule has 0 bridgehead atoms. The Bertz CT molecular complexity index is 772. The van der Waals surface area contributed by atoms with Crippen molar-refractivity contribution >= 4 is 17.3 Å². The summed E-state index contributed by atoms with van der Waals surface area (Å²) in [5.74, 6) is -2.21. The van der Waals surface area contributed by atoms with Crippen molar-refractivity contribution in [3.05, 3.63) is 58.0 Å². The lowest BCUT2D eigenvalue weighted by atomic mass is 10.2. The van der Waals surface area contributed by atoms with Crippen LogP contribution in [0.15, 0.2) is 35.3 Å². The number of carbonyl (C=O) groups excluding carboxylic acids is 1. The number of ether oxygens (including phenoxy) is 1. The van der Waals surface area contributed by atoms with Crippen LogP contribution in [0.3, 0.4) is 0 Å². The maximum atomic E-state index is 13.7. The molecule has 0 atom stereocenters. The second-order valence-corrected chi connectivity index (χ2v) is 4.52. The fraction of sp³-hybridized carbons (Fsp3) is 0.200.